The number of para-hydroxylation sites is 1. The summed E-state index contributed by atoms with van der Waals surface area (Å²) >= 11 is 1.54. The highest BCUT2D eigenvalue weighted by atomic mass is 32.1. The minimum absolute atomic E-state index is 0.136. The first-order chi connectivity index (χ1) is 12.9. The Morgan fingerprint density at radius 3 is 2.78 bits per heavy atom. The second-order valence-corrected chi connectivity index (χ2v) is 7.28. The van der Waals surface area contributed by atoms with Gasteiger partial charge in [-0.3, -0.25) is 9.59 Å². The van der Waals surface area contributed by atoms with Crippen molar-refractivity contribution < 1.29 is 18.7 Å². The number of thiazole rings is 1. The van der Waals surface area contributed by atoms with Gasteiger partial charge in [-0.15, -0.1) is 11.3 Å². The van der Waals surface area contributed by atoms with Gasteiger partial charge in [0, 0.05) is 12.1 Å². The third kappa shape index (κ3) is 4.89. The predicted molar refractivity (Wildman–Crippen MR) is 103 cm³/mol. The molecule has 1 unspecified atom stereocenters. The Bertz CT molecular complexity index is 953. The van der Waals surface area contributed by atoms with Gasteiger partial charge in [0.05, 0.1) is 21.6 Å². The first kappa shape index (κ1) is 19.0. The maximum absolute atomic E-state index is 13.5. The number of carbonyl (C=O) groups excluding carboxylic acids is 2. The number of fused-ring (bicyclic) bond motifs is 1. The van der Waals surface area contributed by atoms with Crippen LogP contribution in [0.5, 0.6) is 0 Å². The second kappa shape index (κ2) is 8.26. The number of benzene rings is 2. The molecule has 1 aromatic heterocycles. The normalized spacial score (nSPS) is 12.0. The largest absolute Gasteiger partial charge is 0.453 e. The zero-order chi connectivity index (χ0) is 19.4. The van der Waals surface area contributed by atoms with E-state index in [1.807, 2.05) is 24.3 Å². The van der Waals surface area contributed by atoms with Gasteiger partial charge in [-0.05, 0) is 43.7 Å². The molecule has 0 spiro atoms. The van der Waals surface area contributed by atoms with Gasteiger partial charge in [0.15, 0.2) is 6.10 Å². The third-order valence-electron chi connectivity index (χ3n) is 4.00. The molecular formula is C20H19FN2O3S. The molecular weight excluding hydrogens is 367 g/mol. The molecule has 0 aliphatic rings. The highest BCUT2D eigenvalue weighted by Crippen LogP contribution is 2.22. The van der Waals surface area contributed by atoms with Crippen LogP contribution in [0.1, 0.15) is 23.9 Å². The number of amides is 1. The predicted octanol–water partition coefficient (Wildman–Crippen LogP) is 4.25. The third-order valence-corrected chi connectivity index (χ3v) is 5.09. The van der Waals surface area contributed by atoms with E-state index in [1.54, 1.807) is 19.1 Å². The van der Waals surface area contributed by atoms with Crippen LogP contribution < -0.4 is 5.32 Å². The van der Waals surface area contributed by atoms with E-state index >= 15 is 0 Å². The van der Waals surface area contributed by atoms with Crippen LogP contribution in [0.25, 0.3) is 10.2 Å². The molecule has 5 nitrogen and oxygen atoms in total. The van der Waals surface area contributed by atoms with Gasteiger partial charge in [0.2, 0.25) is 0 Å². The van der Waals surface area contributed by atoms with Gasteiger partial charge in [-0.2, -0.15) is 0 Å². The topological polar surface area (TPSA) is 68.3 Å². The molecule has 1 N–H and O–H groups in total. The zero-order valence-corrected chi connectivity index (χ0v) is 15.8. The van der Waals surface area contributed by atoms with Crippen LogP contribution in [-0.2, 0) is 20.7 Å². The van der Waals surface area contributed by atoms with E-state index in [9.17, 15) is 14.0 Å². The van der Waals surface area contributed by atoms with Crippen molar-refractivity contribution in [1.82, 2.24) is 4.98 Å². The van der Waals surface area contributed by atoms with E-state index < -0.39 is 23.8 Å². The first-order valence-corrected chi connectivity index (χ1v) is 9.35. The number of aromatic nitrogens is 1. The van der Waals surface area contributed by atoms with Crippen molar-refractivity contribution in [3.8, 4) is 0 Å². The fraction of sp³-hybridized carbons (Fsp3) is 0.250. The summed E-state index contributed by atoms with van der Waals surface area (Å²) in [6, 6.07) is 12.2. The standard InChI is InChI=1S/C20H19FN2O3S/c1-12-7-8-14(11-15(12)21)22-20(25)13(2)26-19(24)10-9-18-23-16-5-3-4-6-17(16)27-18/h3-8,11,13H,9-10H2,1-2H3,(H,22,25). The lowest BCUT2D eigenvalue weighted by molar-refractivity contribution is -0.153. The van der Waals surface area contributed by atoms with Crippen molar-refractivity contribution in [2.75, 3.05) is 5.32 Å². The molecule has 0 aliphatic heterocycles. The summed E-state index contributed by atoms with van der Waals surface area (Å²) in [6.45, 7) is 3.12. The van der Waals surface area contributed by atoms with Crippen LogP contribution in [-0.4, -0.2) is 23.0 Å². The number of esters is 1. The van der Waals surface area contributed by atoms with Gasteiger partial charge < -0.3 is 10.1 Å². The van der Waals surface area contributed by atoms with Crippen molar-refractivity contribution in [2.45, 2.75) is 32.8 Å². The lowest BCUT2D eigenvalue weighted by Gasteiger charge is -2.13. The number of rotatable bonds is 6. The number of halogens is 1. The Labute approximate surface area is 160 Å². The van der Waals surface area contributed by atoms with Crippen molar-refractivity contribution in [3.05, 3.63) is 58.9 Å². The number of anilines is 1. The Kier molecular flexibility index (Phi) is 5.81. The van der Waals surface area contributed by atoms with Crippen LogP contribution in [0.3, 0.4) is 0 Å². The van der Waals surface area contributed by atoms with Gasteiger partial charge >= 0.3 is 5.97 Å². The first-order valence-electron chi connectivity index (χ1n) is 8.53. The number of nitrogens with zero attached hydrogens (tertiary/aromatic N) is 1. The van der Waals surface area contributed by atoms with Crippen molar-refractivity contribution in [3.63, 3.8) is 0 Å². The van der Waals surface area contributed by atoms with Crippen molar-refractivity contribution >= 4 is 39.1 Å². The summed E-state index contributed by atoms with van der Waals surface area (Å²) < 4.78 is 19.8. The Hall–Kier alpha value is -2.80. The summed E-state index contributed by atoms with van der Waals surface area (Å²) in [5.74, 6) is -1.40. The average molecular weight is 386 g/mol. The second-order valence-electron chi connectivity index (χ2n) is 6.16. The molecule has 3 rings (SSSR count). The summed E-state index contributed by atoms with van der Waals surface area (Å²) in [4.78, 5) is 28.6. The monoisotopic (exact) mass is 386 g/mol. The number of hydrogen-bond acceptors (Lipinski definition) is 5. The fourth-order valence-electron chi connectivity index (χ4n) is 2.46. The lowest BCUT2D eigenvalue weighted by atomic mass is 10.2. The maximum Gasteiger partial charge on any atom is 0.306 e. The molecule has 3 aromatic rings. The van der Waals surface area contributed by atoms with E-state index in [0.29, 0.717) is 17.7 Å². The van der Waals surface area contributed by atoms with Crippen LogP contribution in [0.4, 0.5) is 10.1 Å². The summed E-state index contributed by atoms with van der Waals surface area (Å²) in [7, 11) is 0. The molecule has 0 aliphatic carbocycles. The molecule has 27 heavy (non-hydrogen) atoms. The summed E-state index contributed by atoms with van der Waals surface area (Å²) in [5, 5.41) is 3.39. The van der Waals surface area contributed by atoms with E-state index in [2.05, 4.69) is 10.3 Å². The molecule has 1 amide bonds. The van der Waals surface area contributed by atoms with Gasteiger partial charge in [0.1, 0.15) is 5.82 Å². The van der Waals surface area contributed by atoms with E-state index in [-0.39, 0.29) is 6.42 Å². The molecule has 0 saturated heterocycles. The van der Waals surface area contributed by atoms with E-state index in [1.165, 1.54) is 24.3 Å². The summed E-state index contributed by atoms with van der Waals surface area (Å²) in [6.07, 6.45) is -0.385. The smallest absolute Gasteiger partial charge is 0.306 e. The Morgan fingerprint density at radius 1 is 1.26 bits per heavy atom. The number of carbonyl (C=O) groups is 2. The maximum atomic E-state index is 13.5. The SMILES string of the molecule is Cc1ccc(NC(=O)C(C)OC(=O)CCc2nc3ccccc3s2)cc1F. The fourth-order valence-corrected chi connectivity index (χ4v) is 3.43. The van der Waals surface area contributed by atoms with Crippen LogP contribution in [0, 0.1) is 12.7 Å². The average Bonchev–Trinajstić information content (AvgIpc) is 3.06. The molecule has 0 radical (unpaired) electrons. The summed E-state index contributed by atoms with van der Waals surface area (Å²) in [5.41, 5.74) is 1.71. The highest BCUT2D eigenvalue weighted by molar-refractivity contribution is 7.18. The molecule has 140 valence electrons. The molecule has 0 fully saturated rings. The molecule has 1 atom stereocenters. The molecule has 0 bridgehead atoms. The number of ether oxygens (including phenoxy) is 1. The Balaban J connectivity index is 1.50. The molecule has 1 heterocycles. The van der Waals surface area contributed by atoms with Crippen LogP contribution in [0.15, 0.2) is 42.5 Å². The lowest BCUT2D eigenvalue weighted by Crippen LogP contribution is -2.30. The van der Waals surface area contributed by atoms with Crippen molar-refractivity contribution in [1.29, 1.82) is 0 Å². The number of nitrogens with one attached hydrogen (secondary N) is 1. The van der Waals surface area contributed by atoms with E-state index in [0.717, 1.165) is 15.2 Å². The van der Waals surface area contributed by atoms with Gasteiger partial charge in [-0.1, -0.05) is 18.2 Å². The Morgan fingerprint density at radius 2 is 2.04 bits per heavy atom. The minimum atomic E-state index is -0.975. The van der Waals surface area contributed by atoms with Gasteiger partial charge in [-0.25, -0.2) is 9.37 Å². The molecule has 7 heteroatoms. The molecule has 0 saturated carbocycles. The van der Waals surface area contributed by atoms with Gasteiger partial charge in [0.25, 0.3) is 5.91 Å². The van der Waals surface area contributed by atoms with Crippen LogP contribution in [0.2, 0.25) is 0 Å². The minimum Gasteiger partial charge on any atom is -0.453 e. The van der Waals surface area contributed by atoms with Crippen LogP contribution >= 0.6 is 11.3 Å². The zero-order valence-electron chi connectivity index (χ0n) is 15.0. The van der Waals surface area contributed by atoms with Crippen molar-refractivity contribution in [2.24, 2.45) is 0 Å². The highest BCUT2D eigenvalue weighted by Gasteiger charge is 2.18. The quantitative estimate of drug-likeness (QED) is 0.643. The number of hydrogen-bond donors (Lipinski definition) is 1. The molecule has 2 aromatic carbocycles. The number of aryl methyl sites for hydroxylation is 2. The van der Waals surface area contributed by atoms with E-state index in [4.69, 9.17) is 4.74 Å².